The van der Waals surface area contributed by atoms with Crippen molar-refractivity contribution in [2.45, 2.75) is 19.3 Å². The summed E-state index contributed by atoms with van der Waals surface area (Å²) < 4.78 is 0. The van der Waals surface area contributed by atoms with Gasteiger partial charge in [-0.15, -0.1) is 0 Å². The summed E-state index contributed by atoms with van der Waals surface area (Å²) in [7, 11) is 0. The molecule has 1 N–H and O–H groups in total. The summed E-state index contributed by atoms with van der Waals surface area (Å²) in [6.07, 6.45) is 9.77. The van der Waals surface area contributed by atoms with Gasteiger partial charge in [-0.05, 0) is 18.9 Å². The van der Waals surface area contributed by atoms with Crippen LogP contribution < -0.4 is 5.32 Å². The molecular formula is C9H13NO. The monoisotopic (exact) mass is 151 g/mol. The van der Waals surface area contributed by atoms with Crippen molar-refractivity contribution in [3.63, 3.8) is 0 Å². The Hall–Kier alpha value is -1.05. The van der Waals surface area contributed by atoms with Crippen LogP contribution in [0, 0.1) is 0 Å². The molecule has 1 rings (SSSR count). The lowest BCUT2D eigenvalue weighted by atomic mass is 10.1. The minimum atomic E-state index is 0.669. The number of hydrogen-bond acceptors (Lipinski definition) is 2. The Balaban J connectivity index is 2.19. The summed E-state index contributed by atoms with van der Waals surface area (Å²) in [6.45, 7) is 0.924. The third-order valence-corrected chi connectivity index (χ3v) is 1.65. The van der Waals surface area contributed by atoms with Gasteiger partial charge in [0.05, 0.1) is 0 Å². The van der Waals surface area contributed by atoms with Gasteiger partial charge in [0.2, 0.25) is 0 Å². The average molecular weight is 151 g/mol. The van der Waals surface area contributed by atoms with Crippen LogP contribution in [-0.4, -0.2) is 12.8 Å². The van der Waals surface area contributed by atoms with E-state index in [2.05, 4.69) is 17.5 Å². The molecule has 2 heteroatoms. The lowest BCUT2D eigenvalue weighted by molar-refractivity contribution is -0.107. The van der Waals surface area contributed by atoms with E-state index in [0.717, 1.165) is 25.7 Å². The quantitative estimate of drug-likeness (QED) is 0.486. The Kier molecular flexibility index (Phi) is 3.45. The number of dihydropyridines is 1. The number of carbonyl (C=O) groups is 1. The minimum Gasteiger partial charge on any atom is -0.385 e. The fourth-order valence-electron chi connectivity index (χ4n) is 1.05. The molecule has 1 aliphatic rings. The van der Waals surface area contributed by atoms with Crippen molar-refractivity contribution in [1.82, 2.24) is 5.32 Å². The van der Waals surface area contributed by atoms with Crippen molar-refractivity contribution in [2.75, 3.05) is 6.54 Å². The van der Waals surface area contributed by atoms with Crippen LogP contribution in [-0.2, 0) is 4.79 Å². The second-order valence-corrected chi connectivity index (χ2v) is 2.56. The predicted octanol–water partition coefficient (Wildman–Crippen LogP) is 1.40. The molecule has 0 aliphatic carbocycles. The first-order chi connectivity index (χ1) is 5.43. The van der Waals surface area contributed by atoms with Gasteiger partial charge in [0.25, 0.3) is 0 Å². The summed E-state index contributed by atoms with van der Waals surface area (Å²) in [6, 6.07) is 0. The number of hydrogen-bond donors (Lipinski definition) is 1. The lowest BCUT2D eigenvalue weighted by Gasteiger charge is -2.10. The van der Waals surface area contributed by atoms with Crippen molar-refractivity contribution in [2.24, 2.45) is 0 Å². The van der Waals surface area contributed by atoms with Crippen molar-refractivity contribution < 1.29 is 4.79 Å². The van der Waals surface area contributed by atoms with E-state index in [1.165, 1.54) is 5.70 Å². The minimum absolute atomic E-state index is 0.669. The number of unbranched alkanes of at least 4 members (excludes halogenated alkanes) is 1. The van der Waals surface area contributed by atoms with Crippen LogP contribution in [0.5, 0.6) is 0 Å². The summed E-state index contributed by atoms with van der Waals surface area (Å²) in [5.41, 5.74) is 1.24. The highest BCUT2D eigenvalue weighted by Crippen LogP contribution is 2.05. The van der Waals surface area contributed by atoms with Crippen LogP contribution in [0.1, 0.15) is 19.3 Å². The highest BCUT2D eigenvalue weighted by Gasteiger charge is 1.96. The van der Waals surface area contributed by atoms with E-state index in [-0.39, 0.29) is 0 Å². The molecule has 0 fully saturated rings. The molecule has 2 nitrogen and oxygen atoms in total. The summed E-state index contributed by atoms with van der Waals surface area (Å²) in [5.74, 6) is 0. The third-order valence-electron chi connectivity index (χ3n) is 1.65. The lowest BCUT2D eigenvalue weighted by Crippen LogP contribution is -2.15. The average Bonchev–Trinajstić information content (AvgIpc) is 2.07. The predicted molar refractivity (Wildman–Crippen MR) is 45.1 cm³/mol. The van der Waals surface area contributed by atoms with Gasteiger partial charge in [0.15, 0.2) is 0 Å². The van der Waals surface area contributed by atoms with Crippen LogP contribution in [0.4, 0.5) is 0 Å². The Morgan fingerprint density at radius 2 is 2.55 bits per heavy atom. The van der Waals surface area contributed by atoms with E-state index < -0.39 is 0 Å². The maximum Gasteiger partial charge on any atom is 0.120 e. The first-order valence-electron chi connectivity index (χ1n) is 3.96. The molecule has 1 aliphatic heterocycles. The SMILES string of the molecule is O=CCCCC1=CC=CCN1. The summed E-state index contributed by atoms with van der Waals surface area (Å²) >= 11 is 0. The van der Waals surface area contributed by atoms with Gasteiger partial charge in [0, 0.05) is 18.7 Å². The van der Waals surface area contributed by atoms with Gasteiger partial charge >= 0.3 is 0 Å². The van der Waals surface area contributed by atoms with E-state index >= 15 is 0 Å². The number of nitrogens with one attached hydrogen (secondary N) is 1. The highest BCUT2D eigenvalue weighted by atomic mass is 16.1. The van der Waals surface area contributed by atoms with Crippen molar-refractivity contribution in [1.29, 1.82) is 0 Å². The van der Waals surface area contributed by atoms with E-state index in [4.69, 9.17) is 0 Å². The molecule has 0 spiro atoms. The molecule has 0 atom stereocenters. The van der Waals surface area contributed by atoms with Crippen molar-refractivity contribution in [3.05, 3.63) is 23.9 Å². The first kappa shape index (κ1) is 8.05. The molecule has 0 saturated heterocycles. The first-order valence-corrected chi connectivity index (χ1v) is 3.96. The Morgan fingerprint density at radius 3 is 3.18 bits per heavy atom. The zero-order valence-corrected chi connectivity index (χ0v) is 6.55. The van der Waals surface area contributed by atoms with Gasteiger partial charge < -0.3 is 10.1 Å². The third kappa shape index (κ3) is 3.03. The zero-order valence-electron chi connectivity index (χ0n) is 6.55. The molecular weight excluding hydrogens is 138 g/mol. The fraction of sp³-hybridized carbons (Fsp3) is 0.444. The largest absolute Gasteiger partial charge is 0.385 e. The second kappa shape index (κ2) is 4.72. The summed E-state index contributed by atoms with van der Waals surface area (Å²) in [5, 5.41) is 3.24. The molecule has 0 aromatic rings. The Bertz CT molecular complexity index is 182. The van der Waals surface area contributed by atoms with E-state index in [1.807, 2.05) is 6.08 Å². The Morgan fingerprint density at radius 1 is 1.64 bits per heavy atom. The Labute approximate surface area is 67.0 Å². The van der Waals surface area contributed by atoms with Crippen molar-refractivity contribution >= 4 is 6.29 Å². The van der Waals surface area contributed by atoms with Crippen LogP contribution in [0.2, 0.25) is 0 Å². The van der Waals surface area contributed by atoms with Gasteiger partial charge in [-0.25, -0.2) is 0 Å². The number of allylic oxidation sites excluding steroid dienone is 3. The van der Waals surface area contributed by atoms with Gasteiger partial charge in [-0.2, -0.15) is 0 Å². The maximum atomic E-state index is 9.99. The number of rotatable bonds is 4. The number of carbonyl (C=O) groups excluding carboxylic acids is 1. The maximum absolute atomic E-state index is 9.99. The molecule has 60 valence electrons. The molecule has 11 heavy (non-hydrogen) atoms. The van der Waals surface area contributed by atoms with Crippen LogP contribution in [0.3, 0.4) is 0 Å². The summed E-state index contributed by atoms with van der Waals surface area (Å²) in [4.78, 5) is 9.99. The molecule has 0 unspecified atom stereocenters. The normalized spacial score (nSPS) is 15.5. The molecule has 0 bridgehead atoms. The molecule has 0 aromatic heterocycles. The van der Waals surface area contributed by atoms with Crippen LogP contribution in [0.15, 0.2) is 23.9 Å². The fourth-order valence-corrected chi connectivity index (χ4v) is 1.05. The standard InChI is InChI=1S/C9H13NO/c11-8-4-2-6-9-5-1-3-7-10-9/h1,3,5,8,10H,2,4,6-7H2. The van der Waals surface area contributed by atoms with Gasteiger partial charge in [-0.1, -0.05) is 12.2 Å². The molecule has 0 amide bonds. The molecule has 0 aromatic carbocycles. The van der Waals surface area contributed by atoms with Crippen LogP contribution >= 0.6 is 0 Å². The highest BCUT2D eigenvalue weighted by molar-refractivity contribution is 5.49. The topological polar surface area (TPSA) is 29.1 Å². The van der Waals surface area contributed by atoms with Gasteiger partial charge in [0.1, 0.15) is 6.29 Å². The van der Waals surface area contributed by atoms with Crippen molar-refractivity contribution in [3.8, 4) is 0 Å². The van der Waals surface area contributed by atoms with E-state index in [1.54, 1.807) is 0 Å². The van der Waals surface area contributed by atoms with Crippen LogP contribution in [0.25, 0.3) is 0 Å². The molecule has 1 heterocycles. The van der Waals surface area contributed by atoms with E-state index in [9.17, 15) is 4.79 Å². The molecule has 0 saturated carbocycles. The number of aldehydes is 1. The van der Waals surface area contributed by atoms with E-state index in [0.29, 0.717) is 6.42 Å². The second-order valence-electron chi connectivity index (χ2n) is 2.56. The van der Waals surface area contributed by atoms with Gasteiger partial charge in [-0.3, -0.25) is 0 Å². The zero-order chi connectivity index (χ0) is 7.94. The molecule has 0 radical (unpaired) electrons. The smallest absolute Gasteiger partial charge is 0.120 e.